The highest BCUT2D eigenvalue weighted by Gasteiger charge is 2.37. The average Bonchev–Trinajstić information content (AvgIpc) is 2.97. The zero-order valence-corrected chi connectivity index (χ0v) is 12.3. The summed E-state index contributed by atoms with van der Waals surface area (Å²) in [5.74, 6) is -1.59. The van der Waals surface area contributed by atoms with Gasteiger partial charge in [0.25, 0.3) is 5.91 Å². The molecule has 1 heterocycles. The van der Waals surface area contributed by atoms with Crippen molar-refractivity contribution in [2.45, 2.75) is 18.7 Å². The number of nitrogens with zero attached hydrogens (tertiary/aromatic N) is 1. The number of carbonyl (C=O) groups is 2. The Bertz CT molecular complexity index is 563. The van der Waals surface area contributed by atoms with Gasteiger partial charge in [-0.15, -0.1) is 0 Å². The van der Waals surface area contributed by atoms with Crippen LogP contribution in [-0.4, -0.2) is 42.6 Å². The lowest BCUT2D eigenvalue weighted by atomic mass is 10.1. The Hall–Kier alpha value is -2.09. The van der Waals surface area contributed by atoms with Crippen LogP contribution in [0.1, 0.15) is 18.1 Å². The van der Waals surface area contributed by atoms with Gasteiger partial charge in [-0.3, -0.25) is 9.59 Å². The number of hydrogen-bond acceptors (Lipinski definition) is 3. The number of rotatable bonds is 5. The molecule has 1 aliphatic rings. The van der Waals surface area contributed by atoms with Crippen LogP contribution in [0.4, 0.5) is 13.2 Å². The number of hydrogen-bond donors (Lipinski definition) is 1. The van der Waals surface area contributed by atoms with Gasteiger partial charge in [0, 0.05) is 13.1 Å². The van der Waals surface area contributed by atoms with E-state index in [2.05, 4.69) is 0 Å². The third-order valence-electron chi connectivity index (χ3n) is 3.64. The maximum atomic E-state index is 12.5. The fraction of sp³-hybridized carbons (Fsp3) is 0.467. The molecule has 2 N–H and O–H groups in total. The van der Waals surface area contributed by atoms with Crippen molar-refractivity contribution in [3.05, 3.63) is 35.9 Å². The molecule has 1 saturated heterocycles. The average molecular weight is 330 g/mol. The van der Waals surface area contributed by atoms with Gasteiger partial charge in [0.2, 0.25) is 5.91 Å². The highest BCUT2D eigenvalue weighted by molar-refractivity contribution is 5.84. The largest absolute Gasteiger partial charge is 0.411 e. The Balaban J connectivity index is 2.13. The Morgan fingerprint density at radius 2 is 1.96 bits per heavy atom. The molecule has 0 unspecified atom stereocenters. The minimum absolute atomic E-state index is 0.104. The van der Waals surface area contributed by atoms with E-state index in [0.29, 0.717) is 12.0 Å². The quantitative estimate of drug-likeness (QED) is 0.892. The molecule has 0 radical (unpaired) electrons. The number of likely N-dealkylation sites (tertiary alicyclic amines) is 1. The minimum Gasteiger partial charge on any atom is -0.369 e. The van der Waals surface area contributed by atoms with Crippen molar-refractivity contribution in [2.24, 2.45) is 11.7 Å². The van der Waals surface area contributed by atoms with Crippen molar-refractivity contribution < 1.29 is 27.5 Å². The van der Waals surface area contributed by atoms with E-state index < -0.39 is 36.6 Å². The van der Waals surface area contributed by atoms with Gasteiger partial charge in [-0.05, 0) is 12.0 Å². The molecule has 2 amide bonds. The van der Waals surface area contributed by atoms with E-state index in [1.807, 2.05) is 0 Å². The fourth-order valence-corrected chi connectivity index (χ4v) is 2.47. The topological polar surface area (TPSA) is 72.6 Å². The zero-order chi connectivity index (χ0) is 17.0. The summed E-state index contributed by atoms with van der Waals surface area (Å²) in [7, 11) is 0. The third-order valence-corrected chi connectivity index (χ3v) is 3.64. The molecule has 5 nitrogen and oxygen atoms in total. The van der Waals surface area contributed by atoms with Crippen molar-refractivity contribution in [3.8, 4) is 0 Å². The summed E-state index contributed by atoms with van der Waals surface area (Å²) < 4.78 is 42.1. The number of primary amides is 1. The van der Waals surface area contributed by atoms with Gasteiger partial charge in [-0.1, -0.05) is 30.3 Å². The van der Waals surface area contributed by atoms with Crippen molar-refractivity contribution >= 4 is 11.8 Å². The van der Waals surface area contributed by atoms with Gasteiger partial charge in [0.1, 0.15) is 6.61 Å². The monoisotopic (exact) mass is 330 g/mol. The number of nitrogens with two attached hydrogens (primary N) is 1. The first-order chi connectivity index (χ1) is 10.8. The van der Waals surface area contributed by atoms with Crippen LogP contribution in [0, 0.1) is 5.92 Å². The Kier molecular flexibility index (Phi) is 5.25. The molecule has 0 bridgehead atoms. The maximum Gasteiger partial charge on any atom is 0.411 e. The van der Waals surface area contributed by atoms with Crippen LogP contribution in [0.15, 0.2) is 30.3 Å². The molecule has 0 spiro atoms. The number of alkyl halides is 3. The summed E-state index contributed by atoms with van der Waals surface area (Å²) in [5.41, 5.74) is 5.54. The van der Waals surface area contributed by atoms with Crippen LogP contribution in [0.5, 0.6) is 0 Å². The summed E-state index contributed by atoms with van der Waals surface area (Å²) in [6, 6.07) is 7.97. The van der Waals surface area contributed by atoms with Crippen molar-refractivity contribution in [1.29, 1.82) is 0 Å². The molecule has 8 heteroatoms. The zero-order valence-electron chi connectivity index (χ0n) is 12.3. The maximum absolute atomic E-state index is 12.5. The van der Waals surface area contributed by atoms with Crippen LogP contribution in [0.2, 0.25) is 0 Å². The molecular weight excluding hydrogens is 313 g/mol. The molecule has 1 aromatic carbocycles. The predicted octanol–water partition coefficient (Wildman–Crippen LogP) is 1.64. The summed E-state index contributed by atoms with van der Waals surface area (Å²) in [5, 5.41) is 0. The lowest BCUT2D eigenvalue weighted by Crippen LogP contribution is -2.37. The van der Waals surface area contributed by atoms with Gasteiger partial charge in [0.15, 0.2) is 6.10 Å². The van der Waals surface area contributed by atoms with Gasteiger partial charge >= 0.3 is 6.18 Å². The molecule has 1 fully saturated rings. The van der Waals surface area contributed by atoms with Gasteiger partial charge in [-0.2, -0.15) is 13.2 Å². The van der Waals surface area contributed by atoms with Crippen LogP contribution >= 0.6 is 0 Å². The molecule has 23 heavy (non-hydrogen) atoms. The highest BCUT2D eigenvalue weighted by Crippen LogP contribution is 2.27. The SMILES string of the molecule is NC(=O)[C@@H]1CCN(C(=O)[C@H](OCC(F)(F)F)c2ccccc2)C1. The van der Waals surface area contributed by atoms with Crippen molar-refractivity contribution in [3.63, 3.8) is 0 Å². The molecule has 2 rings (SSSR count). The number of halogens is 3. The summed E-state index contributed by atoms with van der Waals surface area (Å²) in [4.78, 5) is 25.0. The second-order valence-corrected chi connectivity index (χ2v) is 5.39. The summed E-state index contributed by atoms with van der Waals surface area (Å²) in [6.45, 7) is -1.15. The van der Waals surface area contributed by atoms with E-state index in [9.17, 15) is 22.8 Å². The second kappa shape index (κ2) is 6.99. The van der Waals surface area contributed by atoms with Crippen molar-refractivity contribution in [1.82, 2.24) is 4.90 Å². The fourth-order valence-electron chi connectivity index (χ4n) is 2.47. The molecule has 0 aromatic heterocycles. The van der Waals surface area contributed by atoms with Gasteiger partial charge in [-0.25, -0.2) is 0 Å². The standard InChI is InChI=1S/C15H17F3N2O3/c16-15(17,18)9-23-12(10-4-2-1-3-5-10)14(22)20-7-6-11(8-20)13(19)21/h1-5,11-12H,6-9H2,(H2,19,21)/t11-,12-/m1/s1. The van der Waals surface area contributed by atoms with E-state index >= 15 is 0 Å². The third kappa shape index (κ3) is 4.69. The van der Waals surface area contributed by atoms with Crippen LogP contribution in [0.3, 0.4) is 0 Å². The Morgan fingerprint density at radius 3 is 2.48 bits per heavy atom. The lowest BCUT2D eigenvalue weighted by molar-refractivity contribution is -0.191. The van der Waals surface area contributed by atoms with Gasteiger partial charge < -0.3 is 15.4 Å². The van der Waals surface area contributed by atoms with E-state index in [4.69, 9.17) is 10.5 Å². The first-order valence-electron chi connectivity index (χ1n) is 7.09. The van der Waals surface area contributed by atoms with Crippen LogP contribution < -0.4 is 5.73 Å². The van der Waals surface area contributed by atoms with Gasteiger partial charge in [0.05, 0.1) is 5.92 Å². The second-order valence-electron chi connectivity index (χ2n) is 5.39. The molecule has 126 valence electrons. The molecule has 1 aliphatic heterocycles. The van der Waals surface area contributed by atoms with E-state index in [1.54, 1.807) is 18.2 Å². The first-order valence-corrected chi connectivity index (χ1v) is 7.09. The summed E-state index contributed by atoms with van der Waals surface area (Å²) >= 11 is 0. The Morgan fingerprint density at radius 1 is 1.30 bits per heavy atom. The number of ether oxygens (including phenoxy) is 1. The number of benzene rings is 1. The van der Waals surface area contributed by atoms with E-state index in [0.717, 1.165) is 0 Å². The minimum atomic E-state index is -4.53. The summed E-state index contributed by atoms with van der Waals surface area (Å²) in [6.07, 6.45) is -5.49. The van der Waals surface area contributed by atoms with E-state index in [1.165, 1.54) is 17.0 Å². The molecule has 1 aromatic rings. The number of carbonyl (C=O) groups excluding carboxylic acids is 2. The number of amides is 2. The first kappa shape index (κ1) is 17.3. The molecule has 2 atom stereocenters. The van der Waals surface area contributed by atoms with Crippen LogP contribution in [0.25, 0.3) is 0 Å². The molecular formula is C15H17F3N2O3. The Labute approximate surface area is 131 Å². The predicted molar refractivity (Wildman–Crippen MR) is 75.1 cm³/mol. The highest BCUT2D eigenvalue weighted by atomic mass is 19.4. The molecule has 0 saturated carbocycles. The van der Waals surface area contributed by atoms with Crippen LogP contribution in [-0.2, 0) is 14.3 Å². The smallest absolute Gasteiger partial charge is 0.369 e. The lowest BCUT2D eigenvalue weighted by Gasteiger charge is -2.24. The normalized spacial score (nSPS) is 19.6. The van der Waals surface area contributed by atoms with E-state index in [-0.39, 0.29) is 13.1 Å². The van der Waals surface area contributed by atoms with Crippen molar-refractivity contribution in [2.75, 3.05) is 19.7 Å². The molecule has 0 aliphatic carbocycles.